The first-order chi connectivity index (χ1) is 16.4. The molecule has 2 atom stereocenters. The maximum atomic E-state index is 11.9. The third-order valence-electron chi connectivity index (χ3n) is 7.11. The summed E-state index contributed by atoms with van der Waals surface area (Å²) >= 11 is 0. The van der Waals surface area contributed by atoms with Crippen molar-refractivity contribution < 1.29 is 23.4 Å². The van der Waals surface area contributed by atoms with Crippen molar-refractivity contribution in [2.75, 3.05) is 13.4 Å². The Morgan fingerprint density at radius 1 is 1.06 bits per heavy atom. The maximum absolute atomic E-state index is 11.9. The second kappa shape index (κ2) is 11.7. The third kappa shape index (κ3) is 6.10. The summed E-state index contributed by atoms with van der Waals surface area (Å²) in [5.74, 6) is 1.09. The first-order valence-electron chi connectivity index (χ1n) is 12.3. The molecule has 0 amide bonds. The summed E-state index contributed by atoms with van der Waals surface area (Å²) in [6.07, 6.45) is 3.29. The summed E-state index contributed by atoms with van der Waals surface area (Å²) < 4.78 is 24.0. The lowest BCUT2D eigenvalue weighted by Gasteiger charge is -2.45. The molecule has 0 saturated carbocycles. The molecule has 0 radical (unpaired) electrons. The normalized spacial score (nSPS) is 15.4. The van der Waals surface area contributed by atoms with Gasteiger partial charge in [0.25, 0.3) is 0 Å². The summed E-state index contributed by atoms with van der Waals surface area (Å²) in [4.78, 5) is 11.9. The molecule has 0 unspecified atom stereocenters. The van der Waals surface area contributed by atoms with Crippen LogP contribution in [0.15, 0.2) is 61.2 Å². The molecule has 0 N–H and O–H groups in total. The minimum atomic E-state index is -2.04. The maximum Gasteiger partial charge on any atom is 0.302 e. The number of carbonyl (C=O) groups excluding carboxylic acids is 1. The smallest absolute Gasteiger partial charge is 0.302 e. The van der Waals surface area contributed by atoms with E-state index in [4.69, 9.17) is 18.6 Å². The van der Waals surface area contributed by atoms with Crippen LogP contribution in [0.2, 0.25) is 18.1 Å². The summed E-state index contributed by atoms with van der Waals surface area (Å²) in [6, 6.07) is 19.4. The van der Waals surface area contributed by atoms with Crippen molar-refractivity contribution >= 4 is 14.3 Å². The number of benzene rings is 2. The van der Waals surface area contributed by atoms with Gasteiger partial charge < -0.3 is 18.6 Å². The van der Waals surface area contributed by atoms with Gasteiger partial charge in [-0.2, -0.15) is 0 Å². The van der Waals surface area contributed by atoms with Crippen molar-refractivity contribution in [3.8, 4) is 11.5 Å². The first kappa shape index (κ1) is 26.0. The van der Waals surface area contributed by atoms with E-state index in [9.17, 15) is 4.79 Å². The zero-order chi connectivity index (χ0) is 24.6. The van der Waals surface area contributed by atoms with Gasteiger partial charge in [0.15, 0.2) is 19.8 Å². The van der Waals surface area contributed by atoms with Crippen LogP contribution >= 0.6 is 0 Å². The molecule has 3 rings (SSSR count). The lowest BCUT2D eigenvalue weighted by molar-refractivity contribution is -0.144. The van der Waals surface area contributed by atoms with Gasteiger partial charge in [0.05, 0.1) is 12.2 Å². The average molecular weight is 483 g/mol. The number of hydrogen-bond acceptors (Lipinski definition) is 5. The fraction of sp³-hybridized carbons (Fsp3) is 0.464. The first-order valence-corrected chi connectivity index (χ1v) is 14.8. The Hall–Kier alpha value is -2.57. The van der Waals surface area contributed by atoms with Gasteiger partial charge in [-0.05, 0) is 47.8 Å². The largest absolute Gasteiger partial charge is 0.465 e. The summed E-state index contributed by atoms with van der Waals surface area (Å²) in [5, 5.41) is 0. The van der Waals surface area contributed by atoms with Crippen LogP contribution < -0.4 is 9.47 Å². The molecule has 34 heavy (non-hydrogen) atoms. The van der Waals surface area contributed by atoms with E-state index in [1.807, 2.05) is 36.4 Å². The van der Waals surface area contributed by atoms with Gasteiger partial charge in [0, 0.05) is 19.3 Å². The van der Waals surface area contributed by atoms with Crippen molar-refractivity contribution in [3.05, 3.63) is 72.3 Å². The molecule has 0 bridgehead atoms. The van der Waals surface area contributed by atoms with Crippen LogP contribution in [0.4, 0.5) is 0 Å². The van der Waals surface area contributed by atoms with Crippen LogP contribution in [0.3, 0.4) is 0 Å². The lowest BCUT2D eigenvalue weighted by Crippen LogP contribution is -2.53. The van der Waals surface area contributed by atoms with Crippen molar-refractivity contribution in [1.29, 1.82) is 0 Å². The van der Waals surface area contributed by atoms with Gasteiger partial charge in [0.1, 0.15) is 0 Å². The highest BCUT2D eigenvalue weighted by Gasteiger charge is 2.45. The fourth-order valence-corrected chi connectivity index (χ4v) is 7.83. The molecule has 2 aromatic rings. The SMILES string of the molecule is C=C[C@@](Cc1ccccc1)(O[Si](CC)(CC)CC)[C@H](COC(C)=O)Cc1ccc2c(c1)OCO2. The standard InChI is InChI=1S/C28H38O5Si/c1-6-28(19-23-13-11-10-12-14-23,33-34(7-2,8-3)9-4)25(20-30-22(5)29)17-24-15-16-26-27(18-24)32-21-31-26/h6,10-16,18,25H,1,7-9,17,19-21H2,2-5H3/t25-,28-/m0/s1. The van der Waals surface area contributed by atoms with Gasteiger partial charge in [-0.3, -0.25) is 4.79 Å². The molecule has 2 aromatic carbocycles. The molecule has 1 heterocycles. The van der Waals surface area contributed by atoms with Crippen molar-refractivity contribution in [3.63, 3.8) is 0 Å². The predicted molar refractivity (Wildman–Crippen MR) is 138 cm³/mol. The Bertz CT molecular complexity index is 948. The van der Waals surface area contributed by atoms with Crippen LogP contribution in [-0.2, 0) is 26.8 Å². The molecule has 0 aliphatic carbocycles. The van der Waals surface area contributed by atoms with Crippen LogP contribution in [-0.4, -0.2) is 33.3 Å². The van der Waals surface area contributed by atoms with Crippen molar-refractivity contribution in [2.45, 2.75) is 64.3 Å². The number of ether oxygens (including phenoxy) is 3. The van der Waals surface area contributed by atoms with Crippen LogP contribution in [0.1, 0.15) is 38.8 Å². The minimum Gasteiger partial charge on any atom is -0.465 e. The second-order valence-corrected chi connectivity index (χ2v) is 13.7. The molecule has 1 aliphatic rings. The Labute approximate surface area is 205 Å². The zero-order valence-corrected chi connectivity index (χ0v) is 22.0. The van der Waals surface area contributed by atoms with Crippen LogP contribution in [0.25, 0.3) is 0 Å². The molecule has 5 nitrogen and oxygen atoms in total. The van der Waals surface area contributed by atoms with E-state index in [1.54, 1.807) is 0 Å². The lowest BCUT2D eigenvalue weighted by atomic mass is 9.79. The highest BCUT2D eigenvalue weighted by Crippen LogP contribution is 2.39. The highest BCUT2D eigenvalue weighted by molar-refractivity contribution is 6.73. The Kier molecular flexibility index (Phi) is 8.97. The van der Waals surface area contributed by atoms with Gasteiger partial charge in [-0.25, -0.2) is 0 Å². The molecule has 0 spiro atoms. The number of rotatable bonds is 13. The number of esters is 1. The number of hydrogen-bond donors (Lipinski definition) is 0. The monoisotopic (exact) mass is 482 g/mol. The third-order valence-corrected chi connectivity index (χ3v) is 11.8. The van der Waals surface area contributed by atoms with E-state index in [1.165, 1.54) is 12.5 Å². The second-order valence-electron chi connectivity index (χ2n) is 9.06. The van der Waals surface area contributed by atoms with Crippen molar-refractivity contribution in [1.82, 2.24) is 0 Å². The Morgan fingerprint density at radius 2 is 1.74 bits per heavy atom. The molecule has 184 valence electrons. The molecule has 0 aromatic heterocycles. The summed E-state index contributed by atoms with van der Waals surface area (Å²) in [6.45, 7) is 12.9. The Morgan fingerprint density at radius 3 is 2.35 bits per heavy atom. The van der Waals surface area contributed by atoms with Crippen molar-refractivity contribution in [2.24, 2.45) is 5.92 Å². The Balaban J connectivity index is 2.04. The molecule has 0 saturated heterocycles. The van der Waals surface area contributed by atoms with E-state index in [0.29, 0.717) is 12.8 Å². The van der Waals surface area contributed by atoms with Gasteiger partial charge in [-0.15, -0.1) is 6.58 Å². The van der Waals surface area contributed by atoms with E-state index >= 15 is 0 Å². The molecule has 6 heteroatoms. The highest BCUT2D eigenvalue weighted by atomic mass is 28.4. The van der Waals surface area contributed by atoms with E-state index < -0.39 is 13.9 Å². The zero-order valence-electron chi connectivity index (χ0n) is 21.0. The molecular formula is C28H38O5Si. The van der Waals surface area contributed by atoms with Gasteiger partial charge in [0.2, 0.25) is 6.79 Å². The van der Waals surface area contributed by atoms with E-state index in [0.717, 1.165) is 35.2 Å². The van der Waals surface area contributed by atoms with Crippen LogP contribution in [0, 0.1) is 5.92 Å². The summed E-state index contributed by atoms with van der Waals surface area (Å²) in [7, 11) is -2.04. The van der Waals surface area contributed by atoms with E-state index in [-0.39, 0.29) is 25.3 Å². The number of carbonyl (C=O) groups is 1. The number of fused-ring (bicyclic) bond motifs is 1. The topological polar surface area (TPSA) is 54.0 Å². The summed E-state index contributed by atoms with van der Waals surface area (Å²) in [5.41, 5.74) is 1.58. The average Bonchev–Trinajstić information content (AvgIpc) is 3.33. The van der Waals surface area contributed by atoms with Gasteiger partial charge in [-0.1, -0.05) is 63.2 Å². The molecular weight excluding hydrogens is 444 g/mol. The van der Waals surface area contributed by atoms with Crippen LogP contribution in [0.5, 0.6) is 11.5 Å². The molecule has 0 fully saturated rings. The fourth-order valence-electron chi connectivity index (χ4n) is 4.77. The van der Waals surface area contributed by atoms with Gasteiger partial charge >= 0.3 is 5.97 Å². The van der Waals surface area contributed by atoms with E-state index in [2.05, 4.69) is 45.5 Å². The molecule has 1 aliphatic heterocycles. The minimum absolute atomic E-state index is 0.119. The predicted octanol–water partition coefficient (Wildman–Crippen LogP) is 6.33. The quantitative estimate of drug-likeness (QED) is 0.190.